The number of azo groups is 1. The standard InChI is InChI=1S/C18H12Cl2N4OS/c1-2-8-25-16-14(19)9-12(10-15(16)20)11-21-24-17(22-23-18(24)26)13-6-4-3-5-7-13/h1,3-7,9-11,17H,8H2. The van der Waals surface area contributed by atoms with Crippen LogP contribution in [0.15, 0.2) is 57.8 Å². The Morgan fingerprint density at radius 3 is 2.62 bits per heavy atom. The fourth-order valence-electron chi connectivity index (χ4n) is 2.28. The number of halogens is 2. The highest BCUT2D eigenvalue weighted by atomic mass is 35.5. The molecule has 0 radical (unpaired) electrons. The van der Waals surface area contributed by atoms with E-state index in [9.17, 15) is 0 Å². The molecule has 0 saturated carbocycles. The molecule has 1 aliphatic heterocycles. The average molecular weight is 403 g/mol. The normalized spacial score (nSPS) is 16.3. The number of terminal acetylenes is 1. The van der Waals surface area contributed by atoms with Crippen molar-refractivity contribution in [2.75, 3.05) is 6.61 Å². The minimum atomic E-state index is -0.399. The first-order valence-electron chi connectivity index (χ1n) is 7.48. The number of hydrazone groups is 1. The van der Waals surface area contributed by atoms with E-state index >= 15 is 0 Å². The molecule has 0 aromatic heterocycles. The van der Waals surface area contributed by atoms with Crippen LogP contribution in [0.2, 0.25) is 10.0 Å². The summed E-state index contributed by atoms with van der Waals surface area (Å²) >= 11 is 17.6. The van der Waals surface area contributed by atoms with Crippen molar-refractivity contribution >= 4 is 46.7 Å². The molecule has 1 unspecified atom stereocenters. The lowest BCUT2D eigenvalue weighted by Crippen LogP contribution is -2.21. The molecule has 1 aliphatic rings. The van der Waals surface area contributed by atoms with Gasteiger partial charge in [0.25, 0.3) is 0 Å². The van der Waals surface area contributed by atoms with E-state index in [0.717, 1.165) is 5.56 Å². The summed E-state index contributed by atoms with van der Waals surface area (Å²) in [5.41, 5.74) is 1.61. The molecule has 26 heavy (non-hydrogen) atoms. The molecule has 8 heteroatoms. The van der Waals surface area contributed by atoms with Crippen LogP contribution in [0.5, 0.6) is 5.75 Å². The number of benzene rings is 2. The zero-order valence-electron chi connectivity index (χ0n) is 13.3. The molecular weight excluding hydrogens is 391 g/mol. The van der Waals surface area contributed by atoms with Gasteiger partial charge in [0, 0.05) is 5.56 Å². The minimum Gasteiger partial charge on any atom is -0.478 e. The van der Waals surface area contributed by atoms with E-state index in [2.05, 4.69) is 21.3 Å². The maximum absolute atomic E-state index is 6.20. The van der Waals surface area contributed by atoms with E-state index in [0.29, 0.717) is 21.4 Å². The van der Waals surface area contributed by atoms with Crippen molar-refractivity contribution in [1.82, 2.24) is 5.01 Å². The maximum Gasteiger partial charge on any atom is 0.238 e. The zero-order chi connectivity index (χ0) is 18.5. The second-order valence-electron chi connectivity index (χ2n) is 5.18. The van der Waals surface area contributed by atoms with Gasteiger partial charge in [-0.2, -0.15) is 10.2 Å². The minimum absolute atomic E-state index is 0.0800. The highest BCUT2D eigenvalue weighted by Gasteiger charge is 2.27. The fourth-order valence-corrected chi connectivity index (χ4v) is 3.09. The van der Waals surface area contributed by atoms with E-state index in [1.165, 1.54) is 0 Å². The van der Waals surface area contributed by atoms with Crippen molar-refractivity contribution in [3.63, 3.8) is 0 Å². The van der Waals surface area contributed by atoms with Gasteiger partial charge in [-0.15, -0.1) is 11.5 Å². The van der Waals surface area contributed by atoms with Gasteiger partial charge in [-0.25, -0.2) is 5.01 Å². The van der Waals surface area contributed by atoms with Gasteiger partial charge >= 0.3 is 0 Å². The Balaban J connectivity index is 1.83. The number of rotatable bonds is 5. The van der Waals surface area contributed by atoms with Gasteiger partial charge in [-0.05, 0) is 29.9 Å². The van der Waals surface area contributed by atoms with Crippen molar-refractivity contribution in [2.45, 2.75) is 6.17 Å². The summed E-state index contributed by atoms with van der Waals surface area (Å²) in [7, 11) is 0. The van der Waals surface area contributed by atoms with E-state index in [1.807, 2.05) is 30.3 Å². The number of ether oxygens (including phenoxy) is 1. The molecule has 0 amide bonds. The summed E-state index contributed by atoms with van der Waals surface area (Å²) in [5, 5.41) is 15.0. The fraction of sp³-hybridized carbons (Fsp3) is 0.111. The molecule has 130 valence electrons. The van der Waals surface area contributed by atoms with Crippen LogP contribution in [0.25, 0.3) is 0 Å². The third-order valence-corrected chi connectivity index (χ3v) is 4.26. The Kier molecular flexibility index (Phi) is 5.84. The van der Waals surface area contributed by atoms with Crippen molar-refractivity contribution in [3.05, 3.63) is 63.6 Å². The molecule has 1 heterocycles. The van der Waals surface area contributed by atoms with Crippen LogP contribution < -0.4 is 4.74 Å². The Hall–Kier alpha value is -2.46. The van der Waals surface area contributed by atoms with Crippen LogP contribution >= 0.6 is 35.4 Å². The molecule has 0 bridgehead atoms. The predicted molar refractivity (Wildman–Crippen MR) is 107 cm³/mol. The molecule has 1 atom stereocenters. The molecule has 2 aromatic carbocycles. The summed E-state index contributed by atoms with van der Waals surface area (Å²) in [6, 6.07) is 13.0. The topological polar surface area (TPSA) is 49.5 Å². The maximum atomic E-state index is 6.20. The predicted octanol–water partition coefficient (Wildman–Crippen LogP) is 5.09. The summed E-state index contributed by atoms with van der Waals surface area (Å²) in [6.45, 7) is 0.0800. The van der Waals surface area contributed by atoms with Crippen LogP contribution in [0.3, 0.4) is 0 Å². The molecule has 0 saturated heterocycles. The van der Waals surface area contributed by atoms with Crippen LogP contribution in [0, 0.1) is 12.3 Å². The van der Waals surface area contributed by atoms with Gasteiger partial charge in [0.1, 0.15) is 6.61 Å². The van der Waals surface area contributed by atoms with Gasteiger partial charge in [0.15, 0.2) is 11.9 Å². The lowest BCUT2D eigenvalue weighted by Gasteiger charge is -2.17. The van der Waals surface area contributed by atoms with E-state index in [-0.39, 0.29) is 11.7 Å². The highest BCUT2D eigenvalue weighted by Crippen LogP contribution is 2.34. The van der Waals surface area contributed by atoms with Gasteiger partial charge in [-0.1, -0.05) is 59.5 Å². The smallest absolute Gasteiger partial charge is 0.238 e. The first-order valence-corrected chi connectivity index (χ1v) is 8.65. The van der Waals surface area contributed by atoms with Gasteiger partial charge in [-0.3, -0.25) is 0 Å². The van der Waals surface area contributed by atoms with Crippen molar-refractivity contribution < 1.29 is 4.74 Å². The van der Waals surface area contributed by atoms with Crippen molar-refractivity contribution in [2.24, 2.45) is 15.3 Å². The Morgan fingerprint density at radius 2 is 1.96 bits per heavy atom. The van der Waals surface area contributed by atoms with Crippen LogP contribution in [-0.4, -0.2) is 22.9 Å². The zero-order valence-corrected chi connectivity index (χ0v) is 15.7. The largest absolute Gasteiger partial charge is 0.478 e. The molecule has 0 spiro atoms. The lowest BCUT2D eigenvalue weighted by atomic mass is 10.2. The third kappa shape index (κ3) is 4.02. The Labute approximate surface area is 166 Å². The molecule has 0 fully saturated rings. The van der Waals surface area contributed by atoms with Gasteiger partial charge in [0.2, 0.25) is 5.11 Å². The third-order valence-electron chi connectivity index (χ3n) is 3.43. The summed E-state index contributed by atoms with van der Waals surface area (Å²) in [6.07, 6.45) is 6.37. The first-order chi connectivity index (χ1) is 12.6. The summed E-state index contributed by atoms with van der Waals surface area (Å²) < 4.78 is 5.34. The molecule has 0 aliphatic carbocycles. The molecular formula is C18H12Cl2N4OS. The first kappa shape index (κ1) is 18.3. The SMILES string of the molecule is C#CCOc1c(Cl)cc(C=NN2C(=S)N=NC2c2ccccc2)cc1Cl. The highest BCUT2D eigenvalue weighted by molar-refractivity contribution is 7.80. The lowest BCUT2D eigenvalue weighted by molar-refractivity contribution is 0.367. The van der Waals surface area contributed by atoms with Gasteiger partial charge < -0.3 is 4.74 Å². The summed E-state index contributed by atoms with van der Waals surface area (Å²) in [5.74, 6) is 2.71. The van der Waals surface area contributed by atoms with Crippen LogP contribution in [-0.2, 0) is 0 Å². The Bertz CT molecular complexity index is 902. The number of thiocarbonyl (C=S) groups is 1. The number of nitrogens with zero attached hydrogens (tertiary/aromatic N) is 4. The average Bonchev–Trinajstić information content (AvgIpc) is 3.01. The van der Waals surface area contributed by atoms with E-state index < -0.39 is 6.17 Å². The van der Waals surface area contributed by atoms with Crippen molar-refractivity contribution in [1.29, 1.82) is 0 Å². The number of hydrogen-bond acceptors (Lipinski definition) is 4. The molecule has 5 nitrogen and oxygen atoms in total. The summed E-state index contributed by atoms with van der Waals surface area (Å²) in [4.78, 5) is 0. The van der Waals surface area contributed by atoms with Gasteiger partial charge in [0.05, 0.1) is 16.3 Å². The van der Waals surface area contributed by atoms with E-state index in [4.69, 9.17) is 46.6 Å². The van der Waals surface area contributed by atoms with Crippen LogP contribution in [0.1, 0.15) is 17.3 Å². The molecule has 3 rings (SSSR count). The van der Waals surface area contributed by atoms with Crippen molar-refractivity contribution in [3.8, 4) is 18.1 Å². The molecule has 2 aromatic rings. The monoisotopic (exact) mass is 402 g/mol. The quantitative estimate of drug-likeness (QED) is 0.397. The second kappa shape index (κ2) is 8.28. The van der Waals surface area contributed by atoms with E-state index in [1.54, 1.807) is 23.4 Å². The van der Waals surface area contributed by atoms with Crippen LogP contribution in [0.4, 0.5) is 0 Å². The molecule has 0 N–H and O–H groups in total. The second-order valence-corrected chi connectivity index (χ2v) is 6.36. The Morgan fingerprint density at radius 1 is 1.27 bits per heavy atom. The number of hydrogen-bond donors (Lipinski definition) is 0.